The summed E-state index contributed by atoms with van der Waals surface area (Å²) in [6, 6.07) is 7.26. The van der Waals surface area contributed by atoms with Gasteiger partial charge in [0.15, 0.2) is 16.6 Å². The zero-order valence-electron chi connectivity index (χ0n) is 17.4. The maximum absolute atomic E-state index is 6.87. The lowest BCUT2D eigenvalue weighted by Gasteiger charge is -2.44. The smallest absolute Gasteiger partial charge is 0.192 e. The molecule has 142 valence electrons. The lowest BCUT2D eigenvalue weighted by atomic mass is 9.83. The van der Waals surface area contributed by atoms with E-state index in [0.29, 0.717) is 5.92 Å². The third-order valence-corrected chi connectivity index (χ3v) is 16.1. The summed E-state index contributed by atoms with van der Waals surface area (Å²) >= 11 is 0. The molecule has 4 heteroatoms. The molecular weight excluding hydrogens is 328 g/mol. The lowest BCUT2D eigenvalue weighted by molar-refractivity contribution is 0.0785. The van der Waals surface area contributed by atoms with Gasteiger partial charge in [-0.25, -0.2) is 0 Å². The van der Waals surface area contributed by atoms with Crippen LogP contribution in [0.2, 0.25) is 36.3 Å². The van der Waals surface area contributed by atoms with Crippen molar-refractivity contribution in [2.24, 2.45) is 5.92 Å². The Bertz CT molecular complexity index is 373. The van der Waals surface area contributed by atoms with E-state index in [1.54, 1.807) is 0 Å². The maximum atomic E-state index is 6.87. The average molecular weight is 371 g/mol. The minimum atomic E-state index is -1.61. The van der Waals surface area contributed by atoms with Gasteiger partial charge in [-0.3, -0.25) is 0 Å². The molecule has 24 heavy (non-hydrogen) atoms. The summed E-state index contributed by atoms with van der Waals surface area (Å²) in [5, 5.41) is 0. The van der Waals surface area contributed by atoms with Crippen molar-refractivity contribution in [1.82, 2.24) is 0 Å². The van der Waals surface area contributed by atoms with E-state index in [9.17, 15) is 0 Å². The number of rotatable bonds is 10. The molecule has 1 saturated carbocycles. The van der Waals surface area contributed by atoms with Gasteiger partial charge >= 0.3 is 0 Å². The molecule has 1 rings (SSSR count). The Balaban J connectivity index is 2.93. The highest BCUT2D eigenvalue weighted by atomic mass is 28.4. The van der Waals surface area contributed by atoms with Crippen LogP contribution in [0.5, 0.6) is 0 Å². The van der Waals surface area contributed by atoms with Gasteiger partial charge in [0.25, 0.3) is 0 Å². The Morgan fingerprint density at radius 2 is 1.21 bits per heavy atom. The first kappa shape index (κ1) is 22.1. The van der Waals surface area contributed by atoms with Gasteiger partial charge in [-0.05, 0) is 60.6 Å². The summed E-state index contributed by atoms with van der Waals surface area (Å²) in [6.45, 7) is 20.7. The second-order valence-corrected chi connectivity index (χ2v) is 17.2. The fourth-order valence-corrected chi connectivity index (χ4v) is 9.99. The first-order valence-corrected chi connectivity index (χ1v) is 15.5. The third-order valence-electron chi connectivity index (χ3n) is 6.82. The van der Waals surface area contributed by atoms with Crippen molar-refractivity contribution in [3.05, 3.63) is 12.2 Å². The van der Waals surface area contributed by atoms with Crippen LogP contribution in [0.15, 0.2) is 12.2 Å². The highest BCUT2D eigenvalue weighted by molar-refractivity contribution is 6.74. The lowest BCUT2D eigenvalue weighted by Crippen LogP contribution is -2.49. The predicted octanol–water partition coefficient (Wildman–Crippen LogP) is 6.75. The first-order chi connectivity index (χ1) is 11.4. The Morgan fingerprint density at radius 3 is 1.62 bits per heavy atom. The molecule has 2 nitrogen and oxygen atoms in total. The monoisotopic (exact) mass is 370 g/mol. The third kappa shape index (κ3) is 4.83. The standard InChI is InChI=1S/C20H42O2Si2/c1-9-23(10-2,11-3)21-19-16-15-17(7)20(18(19)8)22-24(12-4,13-5)14-6/h17,19-20H,8-16H2,1-7H3/t17-,19?,20+/m0/s1. The van der Waals surface area contributed by atoms with Crippen molar-refractivity contribution in [1.29, 1.82) is 0 Å². The summed E-state index contributed by atoms with van der Waals surface area (Å²) < 4.78 is 13.7. The van der Waals surface area contributed by atoms with Gasteiger partial charge in [0.05, 0.1) is 12.2 Å². The molecule has 1 fully saturated rings. The zero-order valence-corrected chi connectivity index (χ0v) is 19.4. The molecule has 1 aliphatic rings. The Labute approximate surface area is 153 Å². The molecule has 0 saturated heterocycles. The molecule has 0 bridgehead atoms. The van der Waals surface area contributed by atoms with E-state index in [0.717, 1.165) is 6.42 Å². The average Bonchev–Trinajstić information content (AvgIpc) is 2.62. The second kappa shape index (κ2) is 9.70. The molecule has 1 unspecified atom stereocenters. The van der Waals surface area contributed by atoms with Crippen molar-refractivity contribution in [2.45, 2.75) is 110 Å². The molecule has 3 atom stereocenters. The van der Waals surface area contributed by atoms with E-state index in [4.69, 9.17) is 8.85 Å². The Hall–Kier alpha value is 0.0938. The maximum Gasteiger partial charge on any atom is 0.192 e. The quantitative estimate of drug-likeness (QED) is 0.312. The second-order valence-electron chi connectivity index (χ2n) is 7.76. The summed E-state index contributed by atoms with van der Waals surface area (Å²) in [6.07, 6.45) is 2.79. The van der Waals surface area contributed by atoms with E-state index in [2.05, 4.69) is 55.0 Å². The molecule has 0 amide bonds. The van der Waals surface area contributed by atoms with Crippen LogP contribution in [0.4, 0.5) is 0 Å². The van der Waals surface area contributed by atoms with Crippen molar-refractivity contribution in [3.8, 4) is 0 Å². The van der Waals surface area contributed by atoms with Crippen LogP contribution in [-0.2, 0) is 8.85 Å². The summed E-state index contributed by atoms with van der Waals surface area (Å²) in [5.74, 6) is 0.579. The van der Waals surface area contributed by atoms with Crippen LogP contribution in [-0.4, -0.2) is 28.8 Å². The fourth-order valence-electron chi connectivity index (χ4n) is 4.20. The van der Waals surface area contributed by atoms with Crippen molar-refractivity contribution >= 4 is 16.6 Å². The molecule has 0 aromatic rings. The number of hydrogen-bond acceptors (Lipinski definition) is 2. The minimum Gasteiger partial charge on any atom is -0.410 e. The molecule has 0 radical (unpaired) electrons. The van der Waals surface area contributed by atoms with Crippen LogP contribution in [0.25, 0.3) is 0 Å². The summed E-state index contributed by atoms with van der Waals surface area (Å²) in [4.78, 5) is 0. The molecular formula is C20H42O2Si2. The Kier molecular flexibility index (Phi) is 8.94. The molecule has 0 N–H and O–H groups in total. The van der Waals surface area contributed by atoms with Gasteiger partial charge in [-0.2, -0.15) is 0 Å². The van der Waals surface area contributed by atoms with E-state index in [1.165, 1.54) is 48.3 Å². The van der Waals surface area contributed by atoms with E-state index in [-0.39, 0.29) is 12.2 Å². The normalized spacial score (nSPS) is 26.0. The number of hydrogen-bond donors (Lipinski definition) is 0. The highest BCUT2D eigenvalue weighted by Gasteiger charge is 2.41. The predicted molar refractivity (Wildman–Crippen MR) is 112 cm³/mol. The molecule has 0 heterocycles. The van der Waals surface area contributed by atoms with Crippen LogP contribution in [0, 0.1) is 5.92 Å². The van der Waals surface area contributed by atoms with Gasteiger partial charge in [-0.15, -0.1) is 0 Å². The largest absolute Gasteiger partial charge is 0.410 e. The van der Waals surface area contributed by atoms with Gasteiger partial charge < -0.3 is 8.85 Å². The van der Waals surface area contributed by atoms with E-state index >= 15 is 0 Å². The highest BCUT2D eigenvalue weighted by Crippen LogP contribution is 2.38. The van der Waals surface area contributed by atoms with Gasteiger partial charge in [0, 0.05) is 0 Å². The van der Waals surface area contributed by atoms with E-state index in [1.807, 2.05) is 0 Å². The zero-order chi connectivity index (χ0) is 18.4. The molecule has 0 aromatic heterocycles. The van der Waals surface area contributed by atoms with Crippen LogP contribution in [0.3, 0.4) is 0 Å². The first-order valence-electron chi connectivity index (χ1n) is 10.4. The topological polar surface area (TPSA) is 18.5 Å². The van der Waals surface area contributed by atoms with E-state index < -0.39 is 16.6 Å². The van der Waals surface area contributed by atoms with Crippen LogP contribution >= 0.6 is 0 Å². The molecule has 1 aliphatic carbocycles. The SMILES string of the molecule is C=C1C(O[Si](CC)(CC)CC)CC[C@H](C)[C@H]1O[Si](CC)(CC)CC. The summed E-state index contributed by atoms with van der Waals surface area (Å²) in [5.41, 5.74) is 1.24. The molecule has 0 aromatic carbocycles. The fraction of sp³-hybridized carbons (Fsp3) is 0.900. The van der Waals surface area contributed by atoms with Gasteiger partial charge in [-0.1, -0.05) is 55.0 Å². The van der Waals surface area contributed by atoms with Gasteiger partial charge in [0.1, 0.15) is 0 Å². The minimum absolute atomic E-state index is 0.215. The van der Waals surface area contributed by atoms with Crippen LogP contribution < -0.4 is 0 Å². The van der Waals surface area contributed by atoms with Gasteiger partial charge in [0.2, 0.25) is 0 Å². The van der Waals surface area contributed by atoms with Crippen molar-refractivity contribution in [2.75, 3.05) is 0 Å². The molecule has 0 spiro atoms. The molecule has 0 aliphatic heterocycles. The van der Waals surface area contributed by atoms with Crippen molar-refractivity contribution < 1.29 is 8.85 Å². The Morgan fingerprint density at radius 1 is 0.792 bits per heavy atom. The van der Waals surface area contributed by atoms with Crippen molar-refractivity contribution in [3.63, 3.8) is 0 Å². The summed E-state index contributed by atoms with van der Waals surface area (Å²) in [7, 11) is -3.19. The van der Waals surface area contributed by atoms with Crippen LogP contribution in [0.1, 0.15) is 61.3 Å².